The molecule has 2 N–H and O–H groups in total. The molecule has 13 heavy (non-hydrogen) atoms. The number of anilines is 1. The van der Waals surface area contributed by atoms with Crippen LogP contribution in [0, 0.1) is 6.92 Å². The zero-order valence-electron chi connectivity index (χ0n) is 8.30. The number of rotatable bonds is 0. The van der Waals surface area contributed by atoms with Crippen molar-refractivity contribution in [3.05, 3.63) is 28.8 Å². The fourth-order valence-corrected chi connectivity index (χ4v) is 1.91. The van der Waals surface area contributed by atoms with Gasteiger partial charge in [-0.05, 0) is 37.1 Å². The molecule has 0 atom stereocenters. The molecule has 2 heteroatoms. The molecular formula is C11H16N2. The fraction of sp³-hybridized carbons (Fsp3) is 0.455. The second-order valence-corrected chi connectivity index (χ2v) is 3.92. The normalized spacial score (nSPS) is 17.1. The zero-order chi connectivity index (χ0) is 9.42. The van der Waals surface area contributed by atoms with Crippen LogP contribution in [0.15, 0.2) is 12.1 Å². The van der Waals surface area contributed by atoms with Gasteiger partial charge in [0.05, 0.1) is 0 Å². The third kappa shape index (κ3) is 1.42. The highest BCUT2D eigenvalue weighted by molar-refractivity contribution is 5.57. The van der Waals surface area contributed by atoms with Crippen LogP contribution in [0.1, 0.15) is 16.7 Å². The average Bonchev–Trinajstić information content (AvgIpc) is 2.12. The molecule has 70 valence electrons. The summed E-state index contributed by atoms with van der Waals surface area (Å²) in [5.41, 5.74) is 11.0. The van der Waals surface area contributed by atoms with Gasteiger partial charge in [0, 0.05) is 18.8 Å². The summed E-state index contributed by atoms with van der Waals surface area (Å²) < 4.78 is 0. The number of nitrogens with zero attached hydrogens (tertiary/aromatic N) is 1. The Morgan fingerprint density at radius 2 is 2.15 bits per heavy atom. The zero-order valence-corrected chi connectivity index (χ0v) is 8.30. The molecule has 1 aliphatic rings. The van der Waals surface area contributed by atoms with Crippen molar-refractivity contribution in [1.82, 2.24) is 4.90 Å². The molecule has 0 fully saturated rings. The molecule has 0 spiro atoms. The van der Waals surface area contributed by atoms with Crippen LogP contribution >= 0.6 is 0 Å². The Morgan fingerprint density at radius 1 is 1.38 bits per heavy atom. The molecule has 0 radical (unpaired) electrons. The van der Waals surface area contributed by atoms with Crippen molar-refractivity contribution < 1.29 is 0 Å². The highest BCUT2D eigenvalue weighted by Gasteiger charge is 2.15. The lowest BCUT2D eigenvalue weighted by Gasteiger charge is -2.26. The van der Waals surface area contributed by atoms with Crippen LogP contribution < -0.4 is 5.73 Å². The van der Waals surface area contributed by atoms with Gasteiger partial charge in [-0.2, -0.15) is 0 Å². The van der Waals surface area contributed by atoms with Gasteiger partial charge in [-0.15, -0.1) is 0 Å². The third-order valence-electron chi connectivity index (χ3n) is 2.86. The number of likely N-dealkylation sites (N-methyl/N-ethyl adjacent to an activating group) is 1. The number of aryl methyl sites for hydroxylation is 1. The summed E-state index contributed by atoms with van der Waals surface area (Å²) >= 11 is 0. The van der Waals surface area contributed by atoms with Crippen LogP contribution in [0.25, 0.3) is 0 Å². The van der Waals surface area contributed by atoms with E-state index >= 15 is 0 Å². The highest BCUT2D eigenvalue weighted by Crippen LogP contribution is 2.26. The van der Waals surface area contributed by atoms with Crippen molar-refractivity contribution in [2.75, 3.05) is 19.3 Å². The Labute approximate surface area is 79.4 Å². The molecule has 1 aromatic carbocycles. The molecule has 0 aromatic heterocycles. The lowest BCUT2D eigenvalue weighted by molar-refractivity contribution is 0.313. The Hall–Kier alpha value is -1.02. The first kappa shape index (κ1) is 8.57. The second kappa shape index (κ2) is 3.04. The Morgan fingerprint density at radius 3 is 2.92 bits per heavy atom. The molecule has 0 saturated heterocycles. The standard InChI is InChI=1S/C11H16N2/c1-8-3-4-9-5-6-13(2)7-10(9)11(8)12/h3-4H,5-7,12H2,1-2H3. The Balaban J connectivity index is 2.48. The molecule has 0 amide bonds. The van der Waals surface area contributed by atoms with Crippen LogP contribution in [0.2, 0.25) is 0 Å². The van der Waals surface area contributed by atoms with E-state index in [2.05, 4.69) is 31.0 Å². The predicted octanol–water partition coefficient (Wildman–Crippen LogP) is 1.57. The van der Waals surface area contributed by atoms with E-state index in [9.17, 15) is 0 Å². The number of nitrogens with two attached hydrogens (primary N) is 1. The van der Waals surface area contributed by atoms with E-state index in [0.29, 0.717) is 0 Å². The molecule has 2 nitrogen and oxygen atoms in total. The molecule has 0 unspecified atom stereocenters. The predicted molar refractivity (Wildman–Crippen MR) is 55.6 cm³/mol. The summed E-state index contributed by atoms with van der Waals surface area (Å²) in [5, 5.41) is 0. The number of fused-ring (bicyclic) bond motifs is 1. The first-order valence-corrected chi connectivity index (χ1v) is 4.74. The van der Waals surface area contributed by atoms with E-state index in [4.69, 9.17) is 5.73 Å². The fourth-order valence-electron chi connectivity index (χ4n) is 1.91. The number of hydrogen-bond acceptors (Lipinski definition) is 2. The maximum Gasteiger partial charge on any atom is 0.0392 e. The van der Waals surface area contributed by atoms with E-state index in [1.54, 1.807) is 0 Å². The summed E-state index contributed by atoms with van der Waals surface area (Å²) in [6.07, 6.45) is 1.14. The van der Waals surface area contributed by atoms with E-state index in [1.165, 1.54) is 16.7 Å². The van der Waals surface area contributed by atoms with E-state index in [-0.39, 0.29) is 0 Å². The largest absolute Gasteiger partial charge is 0.398 e. The maximum atomic E-state index is 6.04. The van der Waals surface area contributed by atoms with Crippen molar-refractivity contribution in [3.8, 4) is 0 Å². The van der Waals surface area contributed by atoms with E-state index in [0.717, 1.165) is 25.2 Å². The van der Waals surface area contributed by atoms with Gasteiger partial charge < -0.3 is 10.6 Å². The van der Waals surface area contributed by atoms with Crippen molar-refractivity contribution >= 4 is 5.69 Å². The van der Waals surface area contributed by atoms with Crippen LogP contribution in [0.3, 0.4) is 0 Å². The number of benzene rings is 1. The van der Waals surface area contributed by atoms with Gasteiger partial charge in [0.1, 0.15) is 0 Å². The van der Waals surface area contributed by atoms with Crippen LogP contribution in [-0.4, -0.2) is 18.5 Å². The summed E-state index contributed by atoms with van der Waals surface area (Å²) in [6, 6.07) is 4.34. The van der Waals surface area contributed by atoms with Gasteiger partial charge in [0.15, 0.2) is 0 Å². The molecule has 1 heterocycles. The molecular weight excluding hydrogens is 160 g/mol. The summed E-state index contributed by atoms with van der Waals surface area (Å²) in [4.78, 5) is 2.32. The monoisotopic (exact) mass is 176 g/mol. The highest BCUT2D eigenvalue weighted by atomic mass is 15.1. The molecule has 1 aromatic rings. The molecule has 1 aliphatic heterocycles. The first-order chi connectivity index (χ1) is 6.18. The van der Waals surface area contributed by atoms with Crippen LogP contribution in [0.4, 0.5) is 5.69 Å². The SMILES string of the molecule is Cc1ccc2c(c1N)CN(C)CC2. The summed E-state index contributed by atoms with van der Waals surface area (Å²) in [6.45, 7) is 4.22. The number of nitrogen functional groups attached to an aromatic ring is 1. The van der Waals surface area contributed by atoms with Gasteiger partial charge >= 0.3 is 0 Å². The maximum absolute atomic E-state index is 6.04. The van der Waals surface area contributed by atoms with Gasteiger partial charge in [-0.3, -0.25) is 0 Å². The summed E-state index contributed by atoms with van der Waals surface area (Å²) in [7, 11) is 2.14. The average molecular weight is 176 g/mol. The second-order valence-electron chi connectivity index (χ2n) is 3.92. The van der Waals surface area contributed by atoms with E-state index in [1.807, 2.05) is 0 Å². The smallest absolute Gasteiger partial charge is 0.0392 e. The first-order valence-electron chi connectivity index (χ1n) is 4.74. The summed E-state index contributed by atoms with van der Waals surface area (Å²) in [5.74, 6) is 0. The van der Waals surface area contributed by atoms with Gasteiger partial charge in [0.25, 0.3) is 0 Å². The minimum Gasteiger partial charge on any atom is -0.398 e. The molecule has 0 aliphatic carbocycles. The minimum atomic E-state index is 0.990. The lowest BCUT2D eigenvalue weighted by atomic mass is 9.96. The van der Waals surface area contributed by atoms with Crippen molar-refractivity contribution in [1.29, 1.82) is 0 Å². The van der Waals surface area contributed by atoms with Crippen molar-refractivity contribution in [3.63, 3.8) is 0 Å². The molecule has 0 saturated carbocycles. The van der Waals surface area contributed by atoms with Gasteiger partial charge in [-0.25, -0.2) is 0 Å². The lowest BCUT2D eigenvalue weighted by Crippen LogP contribution is -2.27. The van der Waals surface area contributed by atoms with Crippen LogP contribution in [0.5, 0.6) is 0 Å². The van der Waals surface area contributed by atoms with Crippen molar-refractivity contribution in [2.45, 2.75) is 19.9 Å². The quantitative estimate of drug-likeness (QED) is 0.608. The number of hydrogen-bond donors (Lipinski definition) is 1. The Kier molecular flexibility index (Phi) is 2.00. The minimum absolute atomic E-state index is 0.990. The van der Waals surface area contributed by atoms with Crippen molar-refractivity contribution in [2.24, 2.45) is 0 Å². The topological polar surface area (TPSA) is 29.3 Å². The Bertz CT molecular complexity index is 331. The molecule has 2 rings (SSSR count). The molecule has 0 bridgehead atoms. The van der Waals surface area contributed by atoms with Crippen LogP contribution in [-0.2, 0) is 13.0 Å². The van der Waals surface area contributed by atoms with Gasteiger partial charge in [-0.1, -0.05) is 12.1 Å². The van der Waals surface area contributed by atoms with E-state index < -0.39 is 0 Å². The third-order valence-corrected chi connectivity index (χ3v) is 2.86. The van der Waals surface area contributed by atoms with Gasteiger partial charge in [0.2, 0.25) is 0 Å².